The number of nitrogens with zero attached hydrogens (tertiary/aromatic N) is 2. The van der Waals surface area contributed by atoms with Gasteiger partial charge >= 0.3 is 5.97 Å². The molecule has 0 radical (unpaired) electrons. The molecule has 2 rings (SSSR count). The van der Waals surface area contributed by atoms with Gasteiger partial charge in [0.05, 0.1) is 4.92 Å². The van der Waals surface area contributed by atoms with E-state index in [1.807, 2.05) is 0 Å². The van der Waals surface area contributed by atoms with Crippen molar-refractivity contribution in [3.05, 3.63) is 40.6 Å². The molecule has 0 aliphatic rings. The second-order valence-electron chi connectivity index (χ2n) is 4.66. The van der Waals surface area contributed by atoms with Crippen molar-refractivity contribution >= 4 is 34.3 Å². The summed E-state index contributed by atoms with van der Waals surface area (Å²) in [6.07, 6.45) is 1.48. The summed E-state index contributed by atoms with van der Waals surface area (Å²) in [5.41, 5.74) is 0.182. The maximum atomic E-state index is 11.2. The number of carboxylic acid groups (broad SMARTS) is 1. The van der Waals surface area contributed by atoms with Crippen LogP contribution in [0.4, 0.5) is 5.69 Å². The summed E-state index contributed by atoms with van der Waals surface area (Å²) in [4.78, 5) is 26.4. The van der Waals surface area contributed by atoms with Gasteiger partial charge in [-0.1, -0.05) is 0 Å². The molecule has 7 heteroatoms. The van der Waals surface area contributed by atoms with Gasteiger partial charge < -0.3 is 5.11 Å². The molecule has 0 spiro atoms. The first-order chi connectivity index (χ1) is 9.33. The number of nitro groups is 1. The summed E-state index contributed by atoms with van der Waals surface area (Å²) >= 11 is 1.14. The molecular weight excluding hydrogens is 280 g/mol. The third-order valence-electron chi connectivity index (χ3n) is 2.79. The van der Waals surface area contributed by atoms with Gasteiger partial charge in [-0.15, -0.1) is 11.8 Å². The van der Waals surface area contributed by atoms with E-state index in [9.17, 15) is 20.0 Å². The number of hydrogen-bond donors (Lipinski definition) is 1. The van der Waals surface area contributed by atoms with Crippen LogP contribution in [0.15, 0.2) is 35.4 Å². The fourth-order valence-corrected chi connectivity index (χ4v) is 2.73. The average molecular weight is 292 g/mol. The molecule has 0 atom stereocenters. The molecule has 0 bridgehead atoms. The van der Waals surface area contributed by atoms with E-state index in [-0.39, 0.29) is 11.2 Å². The predicted molar refractivity (Wildman–Crippen MR) is 76.0 cm³/mol. The second-order valence-corrected chi connectivity index (χ2v) is 6.32. The van der Waals surface area contributed by atoms with E-state index in [1.165, 1.54) is 12.3 Å². The number of non-ortho nitro benzene ring substituents is 1. The first-order valence-electron chi connectivity index (χ1n) is 5.77. The molecule has 0 aliphatic heterocycles. The molecule has 0 saturated heterocycles. The number of aromatic nitrogens is 1. The Kier molecular flexibility index (Phi) is 3.63. The second kappa shape index (κ2) is 5.09. The van der Waals surface area contributed by atoms with E-state index in [0.717, 1.165) is 11.8 Å². The lowest BCUT2D eigenvalue weighted by Crippen LogP contribution is -2.26. The zero-order valence-electron chi connectivity index (χ0n) is 10.9. The Balaban J connectivity index is 2.60. The number of carboxylic acids is 1. The summed E-state index contributed by atoms with van der Waals surface area (Å²) in [5.74, 6) is -0.946. The Morgan fingerprint density at radius 2 is 2.10 bits per heavy atom. The normalized spacial score (nSPS) is 11.5. The highest BCUT2D eigenvalue weighted by molar-refractivity contribution is 8.01. The maximum Gasteiger partial charge on any atom is 0.319 e. The molecule has 1 aromatic heterocycles. The smallest absolute Gasteiger partial charge is 0.319 e. The zero-order valence-corrected chi connectivity index (χ0v) is 11.7. The van der Waals surface area contributed by atoms with Gasteiger partial charge in [0.2, 0.25) is 0 Å². The predicted octanol–water partition coefficient (Wildman–Crippen LogP) is 3.10. The molecule has 0 aliphatic carbocycles. The minimum absolute atomic E-state index is 0.0851. The molecule has 1 N–H and O–H groups in total. The Bertz CT molecular complexity index is 700. The first kappa shape index (κ1) is 14.3. The van der Waals surface area contributed by atoms with E-state index < -0.39 is 15.6 Å². The molecule has 6 nitrogen and oxygen atoms in total. The van der Waals surface area contributed by atoms with Crippen molar-refractivity contribution in [3.63, 3.8) is 0 Å². The number of nitro benzene ring substituents is 1. The van der Waals surface area contributed by atoms with Crippen LogP contribution in [-0.4, -0.2) is 25.7 Å². The number of thioether (sulfide) groups is 1. The van der Waals surface area contributed by atoms with Gasteiger partial charge in [0.1, 0.15) is 10.3 Å². The van der Waals surface area contributed by atoms with Crippen molar-refractivity contribution in [1.29, 1.82) is 0 Å². The van der Waals surface area contributed by atoms with E-state index in [0.29, 0.717) is 10.3 Å². The van der Waals surface area contributed by atoms with Crippen molar-refractivity contribution in [2.75, 3.05) is 0 Å². The van der Waals surface area contributed by atoms with Crippen molar-refractivity contribution < 1.29 is 14.8 Å². The van der Waals surface area contributed by atoms with Crippen molar-refractivity contribution in [2.24, 2.45) is 0 Å². The van der Waals surface area contributed by atoms with Crippen LogP contribution in [0, 0.1) is 10.1 Å². The summed E-state index contributed by atoms with van der Waals surface area (Å²) in [7, 11) is 0. The minimum atomic E-state index is -1.03. The van der Waals surface area contributed by atoms with E-state index in [4.69, 9.17) is 0 Å². The minimum Gasteiger partial charge on any atom is -0.480 e. The topological polar surface area (TPSA) is 93.3 Å². The quantitative estimate of drug-likeness (QED) is 0.528. The molecule has 0 unspecified atom stereocenters. The highest BCUT2D eigenvalue weighted by Gasteiger charge is 2.30. The zero-order chi connectivity index (χ0) is 14.9. The third-order valence-corrected chi connectivity index (χ3v) is 4.05. The Morgan fingerprint density at radius 1 is 1.40 bits per heavy atom. The SMILES string of the molecule is CC(C)(Sc1ccc([N+](=O)[O-])c2ncccc12)C(=O)O. The van der Waals surface area contributed by atoms with Gasteiger partial charge in [0, 0.05) is 22.5 Å². The Hall–Kier alpha value is -2.15. The van der Waals surface area contributed by atoms with Crippen LogP contribution >= 0.6 is 11.8 Å². The molecule has 1 aromatic carbocycles. The highest BCUT2D eigenvalue weighted by Crippen LogP contribution is 2.38. The summed E-state index contributed by atoms with van der Waals surface area (Å²) in [6, 6.07) is 6.30. The number of rotatable bonds is 4. The molecule has 0 saturated carbocycles. The molecule has 2 aromatic rings. The van der Waals surface area contributed by atoms with Crippen LogP contribution in [0.25, 0.3) is 10.9 Å². The lowest BCUT2D eigenvalue weighted by atomic mass is 10.2. The summed E-state index contributed by atoms with van der Waals surface area (Å²) < 4.78 is -1.03. The summed E-state index contributed by atoms with van der Waals surface area (Å²) in [6.45, 7) is 3.17. The van der Waals surface area contributed by atoms with Gasteiger partial charge in [-0.05, 0) is 32.0 Å². The van der Waals surface area contributed by atoms with Crippen LogP contribution in [0.5, 0.6) is 0 Å². The van der Waals surface area contributed by atoms with E-state index in [2.05, 4.69) is 4.98 Å². The largest absolute Gasteiger partial charge is 0.480 e. The van der Waals surface area contributed by atoms with Crippen LogP contribution in [0.1, 0.15) is 13.8 Å². The van der Waals surface area contributed by atoms with Gasteiger partial charge in [0.15, 0.2) is 0 Å². The molecule has 104 valence electrons. The Labute approximate surface area is 119 Å². The maximum absolute atomic E-state index is 11.2. The van der Waals surface area contributed by atoms with Crippen LogP contribution in [0.3, 0.4) is 0 Å². The Morgan fingerprint density at radius 3 is 2.70 bits per heavy atom. The number of benzene rings is 1. The van der Waals surface area contributed by atoms with Gasteiger partial charge in [-0.2, -0.15) is 0 Å². The standard InChI is InChI=1S/C13H12N2O4S/c1-13(2,12(16)17)20-10-6-5-9(15(18)19)11-8(10)4-3-7-14-11/h3-7H,1-2H3,(H,16,17). The lowest BCUT2D eigenvalue weighted by Gasteiger charge is -2.19. The molecule has 20 heavy (non-hydrogen) atoms. The number of hydrogen-bond acceptors (Lipinski definition) is 5. The number of fused-ring (bicyclic) bond motifs is 1. The van der Waals surface area contributed by atoms with Crippen molar-refractivity contribution in [3.8, 4) is 0 Å². The monoisotopic (exact) mass is 292 g/mol. The van der Waals surface area contributed by atoms with Crippen LogP contribution in [-0.2, 0) is 4.79 Å². The molecule has 0 amide bonds. The number of carbonyl (C=O) groups is 1. The van der Waals surface area contributed by atoms with Gasteiger partial charge in [0.25, 0.3) is 5.69 Å². The van der Waals surface area contributed by atoms with Crippen molar-refractivity contribution in [2.45, 2.75) is 23.5 Å². The fourth-order valence-electron chi connectivity index (χ4n) is 1.69. The average Bonchev–Trinajstić information content (AvgIpc) is 2.38. The first-order valence-corrected chi connectivity index (χ1v) is 6.59. The third kappa shape index (κ3) is 2.57. The van der Waals surface area contributed by atoms with E-state index in [1.54, 1.807) is 32.0 Å². The van der Waals surface area contributed by atoms with Crippen LogP contribution < -0.4 is 0 Å². The lowest BCUT2D eigenvalue weighted by molar-refractivity contribution is -0.383. The van der Waals surface area contributed by atoms with Gasteiger partial charge in [-0.3, -0.25) is 14.9 Å². The van der Waals surface area contributed by atoms with Crippen LogP contribution in [0.2, 0.25) is 0 Å². The number of aliphatic carboxylic acids is 1. The summed E-state index contributed by atoms with van der Waals surface area (Å²) in [5, 5.41) is 20.7. The molecular formula is C13H12N2O4S. The highest BCUT2D eigenvalue weighted by atomic mass is 32.2. The molecule has 1 heterocycles. The van der Waals surface area contributed by atoms with E-state index >= 15 is 0 Å². The fraction of sp³-hybridized carbons (Fsp3) is 0.231. The number of pyridine rings is 1. The van der Waals surface area contributed by atoms with Gasteiger partial charge in [-0.25, -0.2) is 4.98 Å². The molecule has 0 fully saturated rings. The van der Waals surface area contributed by atoms with Crippen molar-refractivity contribution in [1.82, 2.24) is 4.98 Å².